The Kier molecular flexibility index (Phi) is 3.22. The summed E-state index contributed by atoms with van der Waals surface area (Å²) in [6.07, 6.45) is 0. The summed E-state index contributed by atoms with van der Waals surface area (Å²) in [5.41, 5.74) is 1.65. The average Bonchev–Trinajstić information content (AvgIpc) is 3.32. The molecule has 5 rings (SSSR count). The van der Waals surface area contributed by atoms with Crippen LogP contribution in [-0.2, 0) is 5.79 Å². The van der Waals surface area contributed by atoms with E-state index in [1.807, 2.05) is 48.5 Å². The van der Waals surface area contributed by atoms with Gasteiger partial charge in [-0.3, -0.25) is 0 Å². The molecule has 1 atom stereocenters. The molecule has 1 radical (unpaired) electrons. The number of hydrogen-bond acceptors (Lipinski definition) is 5. The molecule has 26 heavy (non-hydrogen) atoms. The predicted octanol–water partition coefficient (Wildman–Crippen LogP) is 3.90. The molecule has 2 heterocycles. The van der Waals surface area contributed by atoms with Gasteiger partial charge in [0.2, 0.25) is 6.79 Å². The van der Waals surface area contributed by atoms with Gasteiger partial charge in [-0.15, -0.1) is 0 Å². The smallest absolute Gasteiger partial charge is 0.305 e. The highest BCUT2D eigenvalue weighted by molar-refractivity contribution is 5.53. The molecule has 3 aromatic rings. The van der Waals surface area contributed by atoms with E-state index in [4.69, 9.17) is 23.7 Å². The maximum atomic E-state index is 6.32. The Morgan fingerprint density at radius 3 is 2.42 bits per heavy atom. The Hall–Kier alpha value is -3.34. The highest BCUT2D eigenvalue weighted by Crippen LogP contribution is 2.49. The van der Waals surface area contributed by atoms with Gasteiger partial charge < -0.3 is 23.7 Å². The summed E-state index contributed by atoms with van der Waals surface area (Å²) in [5.74, 6) is 2.33. The summed E-state index contributed by atoms with van der Waals surface area (Å²) in [4.78, 5) is 0. The molecule has 0 saturated carbocycles. The fourth-order valence-corrected chi connectivity index (χ4v) is 3.21. The Bertz CT molecular complexity index is 939. The predicted molar refractivity (Wildman–Crippen MR) is 92.9 cm³/mol. The zero-order valence-electron chi connectivity index (χ0n) is 14.0. The molecule has 0 aliphatic carbocycles. The lowest BCUT2D eigenvalue weighted by Gasteiger charge is -2.29. The molecule has 0 spiro atoms. The van der Waals surface area contributed by atoms with Gasteiger partial charge in [-0.25, -0.2) is 0 Å². The Morgan fingerprint density at radius 2 is 1.62 bits per heavy atom. The van der Waals surface area contributed by atoms with Gasteiger partial charge in [0.15, 0.2) is 23.0 Å². The van der Waals surface area contributed by atoms with Crippen molar-refractivity contribution in [3.63, 3.8) is 0 Å². The van der Waals surface area contributed by atoms with E-state index >= 15 is 0 Å². The Labute approximate surface area is 150 Å². The number of rotatable bonds is 3. The van der Waals surface area contributed by atoms with E-state index < -0.39 is 5.79 Å². The topological polar surface area (TPSA) is 46.2 Å². The van der Waals surface area contributed by atoms with Gasteiger partial charge in [0.1, 0.15) is 5.75 Å². The number of hydrogen-bond donors (Lipinski definition) is 0. The van der Waals surface area contributed by atoms with Crippen molar-refractivity contribution in [3.8, 4) is 28.7 Å². The standard InChI is InChI=1S/C21H15O5/c1-22-16-9-6-14(7-10-16)21(25-18-4-2-3-5-19(18)26-21)15-8-11-17-20(12-15)24-13-23-17/h2,4-12H,13H2,1H3. The highest BCUT2D eigenvalue weighted by atomic mass is 16.7. The van der Waals surface area contributed by atoms with Crippen molar-refractivity contribution in [1.29, 1.82) is 0 Å². The van der Waals surface area contributed by atoms with Crippen molar-refractivity contribution in [2.24, 2.45) is 0 Å². The molecular weight excluding hydrogens is 332 g/mol. The number of benzene rings is 3. The SMILES string of the molecule is COc1ccc(C2(c3ccc4c(c3)OCO4)Oc3c[c]ccc3O2)cc1. The summed E-state index contributed by atoms with van der Waals surface area (Å²) >= 11 is 0. The summed E-state index contributed by atoms with van der Waals surface area (Å²) in [6, 6.07) is 21.7. The van der Waals surface area contributed by atoms with Crippen LogP contribution in [0.5, 0.6) is 28.7 Å². The largest absolute Gasteiger partial charge is 0.497 e. The minimum absolute atomic E-state index is 0.214. The molecule has 0 fully saturated rings. The van der Waals surface area contributed by atoms with Crippen molar-refractivity contribution < 1.29 is 23.7 Å². The van der Waals surface area contributed by atoms with E-state index in [9.17, 15) is 0 Å². The van der Waals surface area contributed by atoms with E-state index in [1.165, 1.54) is 0 Å². The summed E-state index contributed by atoms with van der Waals surface area (Å²) < 4.78 is 28.9. The molecule has 129 valence electrons. The van der Waals surface area contributed by atoms with Crippen molar-refractivity contribution in [3.05, 3.63) is 77.9 Å². The second-order valence-electron chi connectivity index (χ2n) is 5.99. The Morgan fingerprint density at radius 1 is 0.846 bits per heavy atom. The first-order chi connectivity index (χ1) is 12.8. The van der Waals surface area contributed by atoms with Crippen molar-refractivity contribution in [1.82, 2.24) is 0 Å². The Balaban J connectivity index is 1.66. The van der Waals surface area contributed by atoms with E-state index in [2.05, 4.69) is 6.07 Å². The van der Waals surface area contributed by atoms with Crippen molar-refractivity contribution >= 4 is 0 Å². The molecule has 3 aromatic carbocycles. The number of methoxy groups -OCH3 is 1. The molecule has 0 N–H and O–H groups in total. The van der Waals surface area contributed by atoms with E-state index in [0.717, 1.165) is 16.9 Å². The van der Waals surface area contributed by atoms with Crippen LogP contribution in [0.1, 0.15) is 11.1 Å². The molecule has 0 saturated heterocycles. The lowest BCUT2D eigenvalue weighted by molar-refractivity contribution is -0.0460. The van der Waals surface area contributed by atoms with Crippen LogP contribution in [0.2, 0.25) is 0 Å². The monoisotopic (exact) mass is 347 g/mol. The molecule has 0 aromatic heterocycles. The van der Waals surface area contributed by atoms with Gasteiger partial charge in [-0.05, 0) is 60.7 Å². The molecule has 1 unspecified atom stereocenters. The first kappa shape index (κ1) is 15.0. The quantitative estimate of drug-likeness (QED) is 0.719. The molecule has 2 aliphatic rings. The number of fused-ring (bicyclic) bond motifs is 2. The molecular formula is C21H15O5. The van der Waals surface area contributed by atoms with Crippen LogP contribution in [0, 0.1) is 6.07 Å². The van der Waals surface area contributed by atoms with Crippen molar-refractivity contribution in [2.45, 2.75) is 5.79 Å². The van der Waals surface area contributed by atoms with Gasteiger partial charge in [0.05, 0.1) is 7.11 Å². The lowest BCUT2D eigenvalue weighted by atomic mass is 9.96. The third-order valence-corrected chi connectivity index (χ3v) is 4.52. The molecule has 5 nitrogen and oxygen atoms in total. The summed E-state index contributed by atoms with van der Waals surface area (Å²) in [7, 11) is 1.64. The van der Waals surface area contributed by atoms with Gasteiger partial charge in [-0.2, -0.15) is 0 Å². The third kappa shape index (κ3) is 2.17. The van der Waals surface area contributed by atoms with Crippen LogP contribution in [0.15, 0.2) is 60.7 Å². The maximum Gasteiger partial charge on any atom is 0.305 e. The minimum atomic E-state index is -1.12. The molecule has 0 bridgehead atoms. The third-order valence-electron chi connectivity index (χ3n) is 4.52. The average molecular weight is 347 g/mol. The van der Waals surface area contributed by atoms with Gasteiger partial charge in [0, 0.05) is 11.1 Å². The van der Waals surface area contributed by atoms with Crippen LogP contribution >= 0.6 is 0 Å². The fourth-order valence-electron chi connectivity index (χ4n) is 3.21. The second kappa shape index (κ2) is 5.59. The number of ether oxygens (including phenoxy) is 5. The van der Waals surface area contributed by atoms with Gasteiger partial charge in [0.25, 0.3) is 0 Å². The zero-order valence-corrected chi connectivity index (χ0v) is 14.0. The minimum Gasteiger partial charge on any atom is -0.497 e. The normalized spacial score (nSPS) is 15.7. The fraction of sp³-hybridized carbons (Fsp3) is 0.143. The lowest BCUT2D eigenvalue weighted by Crippen LogP contribution is -2.36. The van der Waals surface area contributed by atoms with Crippen LogP contribution in [0.3, 0.4) is 0 Å². The van der Waals surface area contributed by atoms with Crippen LogP contribution < -0.4 is 23.7 Å². The highest BCUT2D eigenvalue weighted by Gasteiger charge is 2.46. The summed E-state index contributed by atoms with van der Waals surface area (Å²) in [6.45, 7) is 0.214. The van der Waals surface area contributed by atoms with E-state index in [1.54, 1.807) is 19.2 Å². The van der Waals surface area contributed by atoms with Crippen LogP contribution in [0.25, 0.3) is 0 Å². The van der Waals surface area contributed by atoms with Crippen molar-refractivity contribution in [2.75, 3.05) is 13.9 Å². The van der Waals surface area contributed by atoms with Gasteiger partial charge in [-0.1, -0.05) is 6.07 Å². The van der Waals surface area contributed by atoms with Gasteiger partial charge >= 0.3 is 5.79 Å². The van der Waals surface area contributed by atoms with Crippen LogP contribution in [-0.4, -0.2) is 13.9 Å². The molecule has 5 heteroatoms. The summed E-state index contributed by atoms with van der Waals surface area (Å²) in [5, 5.41) is 0. The molecule has 0 amide bonds. The first-order valence-electron chi connectivity index (χ1n) is 8.21. The van der Waals surface area contributed by atoms with E-state index in [-0.39, 0.29) is 6.79 Å². The van der Waals surface area contributed by atoms with E-state index in [0.29, 0.717) is 23.0 Å². The maximum absolute atomic E-state index is 6.32. The zero-order chi connectivity index (χ0) is 17.6. The second-order valence-corrected chi connectivity index (χ2v) is 5.99. The molecule has 2 aliphatic heterocycles. The van der Waals surface area contributed by atoms with Crippen LogP contribution in [0.4, 0.5) is 0 Å². The first-order valence-corrected chi connectivity index (χ1v) is 8.21.